The van der Waals surface area contributed by atoms with Crippen LogP contribution in [0.2, 0.25) is 0 Å². The Morgan fingerprint density at radius 2 is 2.04 bits per heavy atom. The number of anilines is 1. The summed E-state index contributed by atoms with van der Waals surface area (Å²) in [5, 5.41) is 11.5. The van der Waals surface area contributed by atoms with E-state index in [-0.39, 0.29) is 11.3 Å². The van der Waals surface area contributed by atoms with Crippen molar-refractivity contribution in [2.45, 2.75) is 25.9 Å². The highest BCUT2D eigenvalue weighted by molar-refractivity contribution is 6.06. The average molecular weight is 337 g/mol. The second-order valence-electron chi connectivity index (χ2n) is 5.91. The molecule has 0 aromatic heterocycles. The van der Waals surface area contributed by atoms with E-state index in [1.165, 1.54) is 18.3 Å². The zero-order valence-corrected chi connectivity index (χ0v) is 13.2. The van der Waals surface area contributed by atoms with Gasteiger partial charge in [-0.2, -0.15) is 18.4 Å². The summed E-state index contributed by atoms with van der Waals surface area (Å²) in [6.45, 7) is 3.65. The summed E-state index contributed by atoms with van der Waals surface area (Å²) in [7, 11) is 0. The van der Waals surface area contributed by atoms with Gasteiger partial charge in [0, 0.05) is 25.0 Å². The van der Waals surface area contributed by atoms with Gasteiger partial charge in [0.05, 0.1) is 5.56 Å². The lowest BCUT2D eigenvalue weighted by Gasteiger charge is -2.29. The third-order valence-electron chi connectivity index (χ3n) is 3.94. The maximum atomic E-state index is 12.7. The number of hydrogen-bond acceptors (Lipinski definition) is 3. The Bertz CT molecular complexity index is 668. The van der Waals surface area contributed by atoms with Crippen LogP contribution in [0.5, 0.6) is 0 Å². The van der Waals surface area contributed by atoms with Gasteiger partial charge in [-0.15, -0.1) is 0 Å². The third-order valence-corrected chi connectivity index (χ3v) is 3.94. The topological polar surface area (TPSA) is 56.1 Å². The SMILES string of the molecule is CC1CCN(/C=C(/C#N)C(=O)Nc2cccc(C(F)(F)F)c2)CC1. The molecule has 1 fully saturated rings. The van der Waals surface area contributed by atoms with Crippen molar-refractivity contribution < 1.29 is 18.0 Å². The second-order valence-corrected chi connectivity index (χ2v) is 5.91. The summed E-state index contributed by atoms with van der Waals surface area (Å²) in [5.74, 6) is -0.102. The largest absolute Gasteiger partial charge is 0.416 e. The predicted octanol–water partition coefficient (Wildman–Crippen LogP) is 3.78. The van der Waals surface area contributed by atoms with Crippen LogP contribution in [0.1, 0.15) is 25.3 Å². The van der Waals surface area contributed by atoms with E-state index in [1.54, 1.807) is 0 Å². The van der Waals surface area contributed by atoms with E-state index in [4.69, 9.17) is 5.26 Å². The van der Waals surface area contributed by atoms with Gasteiger partial charge in [0.25, 0.3) is 5.91 Å². The van der Waals surface area contributed by atoms with Crippen LogP contribution in [0.15, 0.2) is 36.0 Å². The van der Waals surface area contributed by atoms with Crippen molar-refractivity contribution in [1.82, 2.24) is 4.90 Å². The third kappa shape index (κ3) is 4.75. The molecule has 1 aromatic carbocycles. The van der Waals surface area contributed by atoms with Crippen LogP contribution in [0.25, 0.3) is 0 Å². The van der Waals surface area contributed by atoms with E-state index in [0.717, 1.165) is 38.1 Å². The quantitative estimate of drug-likeness (QED) is 0.674. The number of nitrogens with zero attached hydrogens (tertiary/aromatic N) is 2. The molecule has 1 saturated heterocycles. The van der Waals surface area contributed by atoms with E-state index in [0.29, 0.717) is 5.92 Å². The minimum atomic E-state index is -4.49. The van der Waals surface area contributed by atoms with Crippen LogP contribution < -0.4 is 5.32 Å². The van der Waals surface area contributed by atoms with Gasteiger partial charge in [-0.3, -0.25) is 4.79 Å². The number of carbonyl (C=O) groups is 1. The van der Waals surface area contributed by atoms with E-state index in [1.807, 2.05) is 11.0 Å². The van der Waals surface area contributed by atoms with Crippen molar-refractivity contribution in [2.75, 3.05) is 18.4 Å². The molecule has 4 nitrogen and oxygen atoms in total. The number of alkyl halides is 3. The molecular formula is C17H18F3N3O. The number of amides is 1. The van der Waals surface area contributed by atoms with Gasteiger partial charge in [0.2, 0.25) is 0 Å². The number of halogens is 3. The monoisotopic (exact) mass is 337 g/mol. The average Bonchev–Trinajstić information content (AvgIpc) is 2.53. The number of likely N-dealkylation sites (tertiary alicyclic amines) is 1. The van der Waals surface area contributed by atoms with Crippen LogP contribution in [-0.2, 0) is 11.0 Å². The molecule has 1 heterocycles. The maximum Gasteiger partial charge on any atom is 0.416 e. The van der Waals surface area contributed by atoms with Crippen LogP contribution in [-0.4, -0.2) is 23.9 Å². The minimum Gasteiger partial charge on any atom is -0.376 e. The molecule has 2 rings (SSSR count). The first kappa shape index (κ1) is 17.9. The Kier molecular flexibility index (Phi) is 5.50. The summed E-state index contributed by atoms with van der Waals surface area (Å²) in [6, 6.07) is 6.14. The highest BCUT2D eigenvalue weighted by Crippen LogP contribution is 2.30. The molecule has 1 amide bonds. The van der Waals surface area contributed by atoms with Gasteiger partial charge in [0.15, 0.2) is 0 Å². The highest BCUT2D eigenvalue weighted by Gasteiger charge is 2.30. The van der Waals surface area contributed by atoms with Crippen LogP contribution in [0.3, 0.4) is 0 Å². The van der Waals surface area contributed by atoms with Crippen molar-refractivity contribution in [3.8, 4) is 6.07 Å². The molecule has 0 atom stereocenters. The number of hydrogen-bond donors (Lipinski definition) is 1. The molecule has 0 unspecified atom stereocenters. The van der Waals surface area contributed by atoms with E-state index in [9.17, 15) is 18.0 Å². The molecule has 1 aromatic rings. The molecule has 128 valence electrons. The van der Waals surface area contributed by atoms with Gasteiger partial charge in [-0.1, -0.05) is 13.0 Å². The van der Waals surface area contributed by atoms with Crippen molar-refractivity contribution >= 4 is 11.6 Å². The Morgan fingerprint density at radius 3 is 2.62 bits per heavy atom. The first-order valence-corrected chi connectivity index (χ1v) is 7.64. The summed E-state index contributed by atoms with van der Waals surface area (Å²) >= 11 is 0. The van der Waals surface area contributed by atoms with Gasteiger partial charge in [-0.05, 0) is 37.0 Å². The fourth-order valence-corrected chi connectivity index (χ4v) is 2.45. The molecule has 0 radical (unpaired) electrons. The molecule has 24 heavy (non-hydrogen) atoms. The zero-order chi connectivity index (χ0) is 17.7. The second kappa shape index (κ2) is 7.39. The Labute approximate surface area is 138 Å². The molecule has 1 aliphatic heterocycles. The molecule has 0 spiro atoms. The molecule has 0 bridgehead atoms. The van der Waals surface area contributed by atoms with E-state index in [2.05, 4.69) is 12.2 Å². The van der Waals surface area contributed by atoms with Crippen LogP contribution >= 0.6 is 0 Å². The van der Waals surface area contributed by atoms with E-state index >= 15 is 0 Å². The van der Waals surface area contributed by atoms with Crippen molar-refractivity contribution in [2.24, 2.45) is 5.92 Å². The number of nitriles is 1. The van der Waals surface area contributed by atoms with Crippen LogP contribution in [0, 0.1) is 17.2 Å². The fourth-order valence-electron chi connectivity index (χ4n) is 2.45. The lowest BCUT2D eigenvalue weighted by molar-refractivity contribution is -0.137. The molecule has 1 aliphatic rings. The summed E-state index contributed by atoms with van der Waals surface area (Å²) in [5.41, 5.74) is -0.974. The van der Waals surface area contributed by atoms with Gasteiger partial charge in [0.1, 0.15) is 11.6 Å². The summed E-state index contributed by atoms with van der Waals surface area (Å²) in [4.78, 5) is 14.0. The van der Waals surface area contributed by atoms with Crippen molar-refractivity contribution in [1.29, 1.82) is 5.26 Å². The minimum absolute atomic E-state index is 0.00300. The first-order valence-electron chi connectivity index (χ1n) is 7.64. The molecule has 0 aliphatic carbocycles. The smallest absolute Gasteiger partial charge is 0.376 e. The number of piperidine rings is 1. The number of carbonyl (C=O) groups excluding carboxylic acids is 1. The fraction of sp³-hybridized carbons (Fsp3) is 0.412. The van der Waals surface area contributed by atoms with Crippen LogP contribution in [0.4, 0.5) is 18.9 Å². The zero-order valence-electron chi connectivity index (χ0n) is 13.2. The summed E-state index contributed by atoms with van der Waals surface area (Å²) < 4.78 is 38.1. The van der Waals surface area contributed by atoms with Gasteiger partial charge >= 0.3 is 6.18 Å². The number of benzene rings is 1. The highest BCUT2D eigenvalue weighted by atomic mass is 19.4. The Hall–Kier alpha value is -2.49. The lowest BCUT2D eigenvalue weighted by atomic mass is 9.99. The Morgan fingerprint density at radius 1 is 1.38 bits per heavy atom. The Balaban J connectivity index is 2.09. The number of rotatable bonds is 3. The molecule has 1 N–H and O–H groups in total. The molecule has 7 heteroatoms. The van der Waals surface area contributed by atoms with E-state index < -0.39 is 17.6 Å². The normalized spacial score (nSPS) is 16.6. The summed E-state index contributed by atoms with van der Waals surface area (Å²) in [6.07, 6.45) is -1.05. The molecular weight excluding hydrogens is 319 g/mol. The van der Waals surface area contributed by atoms with Crippen molar-refractivity contribution in [3.05, 3.63) is 41.6 Å². The lowest BCUT2D eigenvalue weighted by Crippen LogP contribution is -2.29. The van der Waals surface area contributed by atoms with Gasteiger partial charge in [-0.25, -0.2) is 0 Å². The van der Waals surface area contributed by atoms with Gasteiger partial charge < -0.3 is 10.2 Å². The maximum absolute atomic E-state index is 12.7. The van der Waals surface area contributed by atoms with Crippen molar-refractivity contribution in [3.63, 3.8) is 0 Å². The first-order chi connectivity index (χ1) is 11.3. The standard InChI is InChI=1S/C17H18F3N3O/c1-12-5-7-23(8-6-12)11-13(10-21)16(24)22-15-4-2-3-14(9-15)17(18,19)20/h2-4,9,11-12H,5-8H2,1H3,(H,22,24)/b13-11-. The predicted molar refractivity (Wildman–Crippen MR) is 83.7 cm³/mol. The molecule has 0 saturated carbocycles. The number of nitrogens with one attached hydrogen (secondary N) is 1.